The molecule has 12 heavy (non-hydrogen) atoms. The van der Waals surface area contributed by atoms with Crippen molar-refractivity contribution in [2.75, 3.05) is 26.7 Å². The molecule has 0 N–H and O–H groups in total. The average Bonchev–Trinajstić information content (AvgIpc) is 2.07. The van der Waals surface area contributed by atoms with Crippen LogP contribution < -0.4 is 0 Å². The van der Waals surface area contributed by atoms with Gasteiger partial charge in [-0.1, -0.05) is 5.92 Å². The van der Waals surface area contributed by atoms with Crippen molar-refractivity contribution in [3.8, 4) is 12.3 Å². The maximum Gasteiger partial charge on any atom is 0.239 e. The molecule has 0 aromatic rings. The van der Waals surface area contributed by atoms with Gasteiger partial charge in [0.05, 0.1) is 12.6 Å². The van der Waals surface area contributed by atoms with Gasteiger partial charge in [-0.05, 0) is 6.92 Å². The standard InChI is InChI=1S/C9H14N2O/c1-4-5-11-7-6-10(3)9(12)8(11)2/h1,8H,5-7H2,2-3H3. The SMILES string of the molecule is C#CCN1CCN(C)C(=O)C1C. The summed E-state index contributed by atoms with van der Waals surface area (Å²) in [5.41, 5.74) is 0. The number of hydrogen-bond donors (Lipinski definition) is 0. The van der Waals surface area contributed by atoms with Crippen molar-refractivity contribution in [1.29, 1.82) is 0 Å². The summed E-state index contributed by atoms with van der Waals surface area (Å²) in [6.07, 6.45) is 5.19. The number of hydrogen-bond acceptors (Lipinski definition) is 2. The molecular weight excluding hydrogens is 152 g/mol. The molecular formula is C9H14N2O. The fourth-order valence-corrected chi connectivity index (χ4v) is 1.39. The van der Waals surface area contributed by atoms with Crippen LogP contribution in [0.3, 0.4) is 0 Å². The van der Waals surface area contributed by atoms with Crippen LogP contribution in [0, 0.1) is 12.3 Å². The van der Waals surface area contributed by atoms with E-state index in [2.05, 4.69) is 5.92 Å². The van der Waals surface area contributed by atoms with E-state index in [9.17, 15) is 4.79 Å². The van der Waals surface area contributed by atoms with Gasteiger partial charge < -0.3 is 4.90 Å². The molecule has 0 bridgehead atoms. The van der Waals surface area contributed by atoms with Crippen LogP contribution in [0.5, 0.6) is 0 Å². The molecule has 1 atom stereocenters. The van der Waals surface area contributed by atoms with Crippen molar-refractivity contribution in [2.24, 2.45) is 0 Å². The van der Waals surface area contributed by atoms with Gasteiger partial charge in [0, 0.05) is 20.1 Å². The Kier molecular flexibility index (Phi) is 2.72. The summed E-state index contributed by atoms with van der Waals surface area (Å²) in [5.74, 6) is 2.72. The second-order valence-corrected chi connectivity index (χ2v) is 3.11. The molecule has 1 aliphatic heterocycles. The predicted molar refractivity (Wildman–Crippen MR) is 47.5 cm³/mol. The van der Waals surface area contributed by atoms with Crippen LogP contribution >= 0.6 is 0 Å². The Bertz CT molecular complexity index is 219. The first-order valence-corrected chi connectivity index (χ1v) is 4.09. The number of rotatable bonds is 1. The second kappa shape index (κ2) is 3.59. The largest absolute Gasteiger partial charge is 0.343 e. The normalized spacial score (nSPS) is 25.6. The summed E-state index contributed by atoms with van der Waals surface area (Å²) in [7, 11) is 1.83. The van der Waals surface area contributed by atoms with Gasteiger partial charge in [0.15, 0.2) is 0 Å². The minimum absolute atomic E-state index is 0.0557. The summed E-state index contributed by atoms with van der Waals surface area (Å²) in [6.45, 7) is 4.13. The first kappa shape index (κ1) is 9.08. The lowest BCUT2D eigenvalue weighted by atomic mass is 10.2. The van der Waals surface area contributed by atoms with Gasteiger partial charge in [-0.3, -0.25) is 9.69 Å². The van der Waals surface area contributed by atoms with Gasteiger partial charge in [0.1, 0.15) is 0 Å². The highest BCUT2D eigenvalue weighted by molar-refractivity contribution is 5.81. The van der Waals surface area contributed by atoms with E-state index in [-0.39, 0.29) is 11.9 Å². The van der Waals surface area contributed by atoms with Gasteiger partial charge in [-0.2, -0.15) is 0 Å². The lowest BCUT2D eigenvalue weighted by molar-refractivity contribution is -0.138. The van der Waals surface area contributed by atoms with Crippen molar-refractivity contribution < 1.29 is 4.79 Å². The van der Waals surface area contributed by atoms with E-state index in [1.165, 1.54) is 0 Å². The molecule has 0 spiro atoms. The zero-order chi connectivity index (χ0) is 9.14. The molecule has 0 aliphatic carbocycles. The Labute approximate surface area is 73.3 Å². The van der Waals surface area contributed by atoms with E-state index in [1.54, 1.807) is 4.90 Å². The maximum atomic E-state index is 11.4. The third-order valence-corrected chi connectivity index (χ3v) is 2.30. The first-order chi connectivity index (χ1) is 5.66. The van der Waals surface area contributed by atoms with E-state index in [0.717, 1.165) is 13.1 Å². The fraction of sp³-hybridized carbons (Fsp3) is 0.667. The minimum atomic E-state index is -0.0557. The molecule has 1 saturated heterocycles. The van der Waals surface area contributed by atoms with Gasteiger partial charge in [0.25, 0.3) is 0 Å². The van der Waals surface area contributed by atoms with Crippen molar-refractivity contribution in [2.45, 2.75) is 13.0 Å². The second-order valence-electron chi connectivity index (χ2n) is 3.11. The zero-order valence-electron chi connectivity index (χ0n) is 7.58. The van der Waals surface area contributed by atoms with Crippen molar-refractivity contribution in [3.63, 3.8) is 0 Å². The Morgan fingerprint density at radius 2 is 2.33 bits per heavy atom. The van der Waals surface area contributed by atoms with E-state index >= 15 is 0 Å². The van der Waals surface area contributed by atoms with E-state index in [1.807, 2.05) is 18.9 Å². The van der Waals surface area contributed by atoms with Gasteiger partial charge >= 0.3 is 0 Å². The molecule has 66 valence electrons. The molecule has 3 nitrogen and oxygen atoms in total. The maximum absolute atomic E-state index is 11.4. The smallest absolute Gasteiger partial charge is 0.239 e. The Morgan fingerprint density at radius 1 is 1.67 bits per heavy atom. The molecule has 1 fully saturated rings. The number of piperazine rings is 1. The number of terminal acetylenes is 1. The summed E-state index contributed by atoms with van der Waals surface area (Å²) >= 11 is 0. The van der Waals surface area contributed by atoms with E-state index < -0.39 is 0 Å². The molecule has 0 radical (unpaired) electrons. The van der Waals surface area contributed by atoms with Crippen molar-refractivity contribution >= 4 is 5.91 Å². The van der Waals surface area contributed by atoms with Crippen LogP contribution in [0.25, 0.3) is 0 Å². The van der Waals surface area contributed by atoms with Crippen LogP contribution in [0.15, 0.2) is 0 Å². The lowest BCUT2D eigenvalue weighted by Gasteiger charge is -2.36. The predicted octanol–water partition coefficient (Wildman–Crippen LogP) is -0.218. The quantitative estimate of drug-likeness (QED) is 0.503. The Morgan fingerprint density at radius 3 is 2.92 bits per heavy atom. The number of carbonyl (C=O) groups is 1. The highest BCUT2D eigenvalue weighted by Gasteiger charge is 2.28. The summed E-state index contributed by atoms with van der Waals surface area (Å²) in [5, 5.41) is 0. The highest BCUT2D eigenvalue weighted by Crippen LogP contribution is 2.07. The average molecular weight is 166 g/mol. The van der Waals surface area contributed by atoms with Crippen LogP contribution in [-0.2, 0) is 4.79 Å². The molecule has 1 rings (SSSR count). The van der Waals surface area contributed by atoms with Gasteiger partial charge in [-0.25, -0.2) is 0 Å². The Balaban J connectivity index is 2.60. The monoisotopic (exact) mass is 166 g/mol. The third-order valence-electron chi connectivity index (χ3n) is 2.30. The zero-order valence-corrected chi connectivity index (χ0v) is 7.58. The molecule has 1 amide bonds. The van der Waals surface area contributed by atoms with E-state index in [0.29, 0.717) is 6.54 Å². The summed E-state index contributed by atoms with van der Waals surface area (Å²) in [6, 6.07) is -0.0557. The number of likely N-dealkylation sites (N-methyl/N-ethyl adjacent to an activating group) is 1. The highest BCUT2D eigenvalue weighted by atomic mass is 16.2. The van der Waals surface area contributed by atoms with Crippen molar-refractivity contribution in [1.82, 2.24) is 9.80 Å². The molecule has 1 heterocycles. The number of nitrogens with zero attached hydrogens (tertiary/aromatic N) is 2. The molecule has 0 aromatic carbocycles. The Hall–Kier alpha value is -1.01. The minimum Gasteiger partial charge on any atom is -0.343 e. The summed E-state index contributed by atoms with van der Waals surface area (Å²) < 4.78 is 0. The molecule has 0 saturated carbocycles. The molecule has 0 aromatic heterocycles. The number of carbonyl (C=O) groups excluding carboxylic acids is 1. The van der Waals surface area contributed by atoms with Gasteiger partial charge in [-0.15, -0.1) is 6.42 Å². The van der Waals surface area contributed by atoms with Crippen LogP contribution in [0.2, 0.25) is 0 Å². The van der Waals surface area contributed by atoms with Crippen LogP contribution in [0.4, 0.5) is 0 Å². The van der Waals surface area contributed by atoms with Crippen LogP contribution in [0.1, 0.15) is 6.92 Å². The lowest BCUT2D eigenvalue weighted by Crippen LogP contribution is -2.54. The number of amides is 1. The van der Waals surface area contributed by atoms with E-state index in [4.69, 9.17) is 6.42 Å². The fourth-order valence-electron chi connectivity index (χ4n) is 1.39. The molecule has 3 heteroatoms. The first-order valence-electron chi connectivity index (χ1n) is 4.09. The summed E-state index contributed by atoms with van der Waals surface area (Å²) in [4.78, 5) is 15.2. The van der Waals surface area contributed by atoms with Crippen molar-refractivity contribution in [3.05, 3.63) is 0 Å². The van der Waals surface area contributed by atoms with Crippen LogP contribution in [-0.4, -0.2) is 48.4 Å². The molecule has 1 aliphatic rings. The third kappa shape index (κ3) is 1.59. The molecule has 1 unspecified atom stereocenters. The topological polar surface area (TPSA) is 23.6 Å². The van der Waals surface area contributed by atoms with Gasteiger partial charge in [0.2, 0.25) is 5.91 Å².